The minimum absolute atomic E-state index is 0.0331. The summed E-state index contributed by atoms with van der Waals surface area (Å²) in [5.41, 5.74) is 1.50. The number of carbonyl (C=O) groups excluding carboxylic acids is 1. The Morgan fingerprint density at radius 1 is 1.22 bits per heavy atom. The fraction of sp³-hybridized carbons (Fsp3) is 0.333. The third kappa shape index (κ3) is 2.53. The maximum Gasteiger partial charge on any atom is 0.243 e. The van der Waals surface area contributed by atoms with Gasteiger partial charge in [-0.1, -0.05) is 12.1 Å². The molecule has 1 aliphatic carbocycles. The molecule has 0 aliphatic heterocycles. The molecule has 92 valence electrons. The Hall–Kier alpha value is -2.24. The van der Waals surface area contributed by atoms with Gasteiger partial charge in [0.2, 0.25) is 11.9 Å². The summed E-state index contributed by atoms with van der Waals surface area (Å²) in [6.07, 6.45) is 2.17. The van der Waals surface area contributed by atoms with E-state index in [1.54, 1.807) is 0 Å². The van der Waals surface area contributed by atoms with Gasteiger partial charge in [0.25, 0.3) is 0 Å². The normalized spacial score (nSPS) is 14.4. The summed E-state index contributed by atoms with van der Waals surface area (Å²) in [4.78, 5) is 15.8. The fourth-order valence-electron chi connectivity index (χ4n) is 1.62. The molecule has 0 bridgehead atoms. The fourth-order valence-corrected chi connectivity index (χ4v) is 1.62. The average molecular weight is 243 g/mol. The van der Waals surface area contributed by atoms with Gasteiger partial charge in [-0.25, -0.2) is 4.98 Å². The van der Waals surface area contributed by atoms with Crippen molar-refractivity contribution >= 4 is 22.9 Å². The number of nitrogens with one attached hydrogen (secondary N) is 2. The first-order valence-corrected chi connectivity index (χ1v) is 5.94. The summed E-state index contributed by atoms with van der Waals surface area (Å²) in [5, 5.41) is 13.7. The lowest BCUT2D eigenvalue weighted by molar-refractivity contribution is -0.119. The Bertz CT molecular complexity index is 581. The van der Waals surface area contributed by atoms with Gasteiger partial charge < -0.3 is 10.6 Å². The van der Waals surface area contributed by atoms with Crippen LogP contribution in [0.5, 0.6) is 0 Å². The molecule has 6 nitrogen and oxygen atoms in total. The monoisotopic (exact) mass is 243 g/mol. The van der Waals surface area contributed by atoms with Crippen molar-refractivity contribution in [3.8, 4) is 0 Å². The first kappa shape index (κ1) is 10.9. The molecule has 2 N–H and O–H groups in total. The molecule has 1 aliphatic rings. The highest BCUT2D eigenvalue weighted by molar-refractivity contribution is 5.81. The summed E-state index contributed by atoms with van der Waals surface area (Å²) in [5.74, 6) is 0.342. The van der Waals surface area contributed by atoms with Crippen molar-refractivity contribution in [1.82, 2.24) is 20.5 Å². The standard InChI is InChI=1S/C12H13N5O/c18-11(14-8-5-6-8)7-13-12-15-9-3-1-2-4-10(9)16-17-12/h1-4,8H,5-7H2,(H,14,18)(H,13,15,17). The predicted molar refractivity (Wildman–Crippen MR) is 67.0 cm³/mol. The van der Waals surface area contributed by atoms with Crippen LogP contribution in [0, 0.1) is 0 Å². The van der Waals surface area contributed by atoms with Crippen LogP contribution in [0.2, 0.25) is 0 Å². The van der Waals surface area contributed by atoms with E-state index in [9.17, 15) is 4.79 Å². The van der Waals surface area contributed by atoms with Gasteiger partial charge in [-0.05, 0) is 25.0 Å². The van der Waals surface area contributed by atoms with Gasteiger partial charge in [0, 0.05) is 6.04 Å². The number of rotatable bonds is 4. The highest BCUT2D eigenvalue weighted by atomic mass is 16.2. The van der Waals surface area contributed by atoms with Crippen LogP contribution < -0.4 is 10.6 Å². The summed E-state index contributed by atoms with van der Waals surface area (Å²) >= 11 is 0. The van der Waals surface area contributed by atoms with Crippen molar-refractivity contribution < 1.29 is 4.79 Å². The number of hydrogen-bond donors (Lipinski definition) is 2. The smallest absolute Gasteiger partial charge is 0.243 e. The lowest BCUT2D eigenvalue weighted by Crippen LogP contribution is -2.31. The van der Waals surface area contributed by atoms with Crippen LogP contribution in [0.25, 0.3) is 11.0 Å². The topological polar surface area (TPSA) is 79.8 Å². The van der Waals surface area contributed by atoms with Gasteiger partial charge in [0.05, 0.1) is 12.1 Å². The molecule has 0 radical (unpaired) electrons. The van der Waals surface area contributed by atoms with E-state index in [0.29, 0.717) is 12.0 Å². The first-order valence-electron chi connectivity index (χ1n) is 5.94. The summed E-state index contributed by atoms with van der Waals surface area (Å²) in [7, 11) is 0. The second kappa shape index (κ2) is 4.56. The van der Waals surface area contributed by atoms with Crippen LogP contribution >= 0.6 is 0 Å². The molecule has 2 aromatic rings. The Balaban J connectivity index is 1.64. The molecule has 0 unspecified atom stereocenters. The van der Waals surface area contributed by atoms with E-state index >= 15 is 0 Å². The molecular weight excluding hydrogens is 230 g/mol. The quantitative estimate of drug-likeness (QED) is 0.827. The van der Waals surface area contributed by atoms with Crippen LogP contribution in [0.1, 0.15) is 12.8 Å². The molecule has 0 saturated heterocycles. The van der Waals surface area contributed by atoms with Crippen LogP contribution in [0.4, 0.5) is 5.95 Å². The van der Waals surface area contributed by atoms with E-state index in [-0.39, 0.29) is 12.5 Å². The van der Waals surface area contributed by atoms with E-state index in [4.69, 9.17) is 0 Å². The Labute approximate surface area is 104 Å². The van der Waals surface area contributed by atoms with E-state index in [1.807, 2.05) is 24.3 Å². The maximum atomic E-state index is 11.5. The number of carbonyl (C=O) groups is 1. The molecular formula is C12H13N5O. The second-order valence-electron chi connectivity index (χ2n) is 4.32. The van der Waals surface area contributed by atoms with Gasteiger partial charge in [-0.2, -0.15) is 0 Å². The van der Waals surface area contributed by atoms with Crippen molar-refractivity contribution in [3.63, 3.8) is 0 Å². The van der Waals surface area contributed by atoms with E-state index in [1.165, 1.54) is 0 Å². The third-order valence-electron chi connectivity index (χ3n) is 2.71. The van der Waals surface area contributed by atoms with E-state index < -0.39 is 0 Å². The summed E-state index contributed by atoms with van der Waals surface area (Å²) in [6, 6.07) is 7.85. The summed E-state index contributed by atoms with van der Waals surface area (Å²) in [6.45, 7) is 0.177. The van der Waals surface area contributed by atoms with Crippen LogP contribution in [0.3, 0.4) is 0 Å². The molecule has 0 spiro atoms. The summed E-state index contributed by atoms with van der Waals surface area (Å²) < 4.78 is 0. The molecule has 1 aromatic heterocycles. The number of benzene rings is 1. The zero-order chi connectivity index (χ0) is 12.4. The largest absolute Gasteiger partial charge is 0.352 e. The number of anilines is 1. The minimum atomic E-state index is -0.0331. The van der Waals surface area contributed by atoms with Gasteiger partial charge in [-0.15, -0.1) is 10.2 Å². The molecule has 0 atom stereocenters. The van der Waals surface area contributed by atoms with Crippen molar-refractivity contribution in [1.29, 1.82) is 0 Å². The highest BCUT2D eigenvalue weighted by Crippen LogP contribution is 2.18. The number of hydrogen-bond acceptors (Lipinski definition) is 5. The minimum Gasteiger partial charge on any atom is -0.352 e. The SMILES string of the molecule is O=C(CNc1nnc2ccccc2n1)NC1CC1. The number of amides is 1. The number of nitrogens with zero attached hydrogens (tertiary/aromatic N) is 3. The average Bonchev–Trinajstić information content (AvgIpc) is 3.20. The number of fused-ring (bicyclic) bond motifs is 1. The van der Waals surface area contributed by atoms with E-state index in [2.05, 4.69) is 25.8 Å². The zero-order valence-corrected chi connectivity index (χ0v) is 9.76. The number of para-hydroxylation sites is 1. The molecule has 1 fully saturated rings. The van der Waals surface area contributed by atoms with Gasteiger partial charge in [0.15, 0.2) is 0 Å². The van der Waals surface area contributed by atoms with Crippen molar-refractivity contribution in [2.75, 3.05) is 11.9 Å². The molecule has 1 saturated carbocycles. The maximum absolute atomic E-state index is 11.5. The first-order chi connectivity index (χ1) is 8.81. The van der Waals surface area contributed by atoms with Crippen molar-refractivity contribution in [2.45, 2.75) is 18.9 Å². The highest BCUT2D eigenvalue weighted by Gasteiger charge is 2.22. The predicted octanol–water partition coefficient (Wildman–Crippen LogP) is 0.715. The molecule has 1 aromatic carbocycles. The van der Waals surface area contributed by atoms with Crippen LogP contribution in [0.15, 0.2) is 24.3 Å². The molecule has 6 heteroatoms. The Morgan fingerprint density at radius 2 is 2.00 bits per heavy atom. The molecule has 18 heavy (non-hydrogen) atoms. The Kier molecular flexibility index (Phi) is 2.76. The zero-order valence-electron chi connectivity index (χ0n) is 9.76. The van der Waals surface area contributed by atoms with Gasteiger partial charge in [-0.3, -0.25) is 4.79 Å². The lowest BCUT2D eigenvalue weighted by atomic mass is 10.3. The number of aromatic nitrogens is 3. The third-order valence-corrected chi connectivity index (χ3v) is 2.71. The van der Waals surface area contributed by atoms with Crippen molar-refractivity contribution in [2.24, 2.45) is 0 Å². The van der Waals surface area contributed by atoms with Crippen LogP contribution in [-0.2, 0) is 4.79 Å². The van der Waals surface area contributed by atoms with Gasteiger partial charge >= 0.3 is 0 Å². The van der Waals surface area contributed by atoms with Gasteiger partial charge in [0.1, 0.15) is 5.52 Å². The molecule has 3 rings (SSSR count). The lowest BCUT2D eigenvalue weighted by Gasteiger charge is -2.05. The van der Waals surface area contributed by atoms with Crippen molar-refractivity contribution in [3.05, 3.63) is 24.3 Å². The second-order valence-corrected chi connectivity index (χ2v) is 4.32. The van der Waals surface area contributed by atoms with Crippen LogP contribution in [-0.4, -0.2) is 33.7 Å². The molecule has 1 amide bonds. The van der Waals surface area contributed by atoms with E-state index in [0.717, 1.165) is 23.9 Å². The molecule has 1 heterocycles. The Morgan fingerprint density at radius 3 is 2.78 bits per heavy atom.